The molecule has 0 saturated carbocycles. The summed E-state index contributed by atoms with van der Waals surface area (Å²) in [7, 11) is 1.79. The van der Waals surface area contributed by atoms with Crippen LogP contribution in [0.5, 0.6) is 0 Å². The van der Waals surface area contributed by atoms with Crippen LogP contribution in [0, 0.1) is 0 Å². The van der Waals surface area contributed by atoms with Crippen LogP contribution in [0.4, 0.5) is 11.5 Å². The number of nitrogens with two attached hydrogens (primary N) is 3. The zero-order valence-electron chi connectivity index (χ0n) is 19.2. The van der Waals surface area contributed by atoms with Crippen molar-refractivity contribution in [3.05, 3.63) is 60.1 Å². The van der Waals surface area contributed by atoms with Crippen molar-refractivity contribution in [3.63, 3.8) is 0 Å². The van der Waals surface area contributed by atoms with E-state index in [0.717, 1.165) is 42.3 Å². The molecule has 0 aromatic carbocycles. The fraction of sp³-hybridized carbons (Fsp3) is 0.435. The zero-order chi connectivity index (χ0) is 23.1. The maximum Gasteiger partial charge on any atom is 0.150 e. The normalized spacial score (nSPS) is 14.7. The average Bonchev–Trinajstić information content (AvgIpc) is 2.83. The highest BCUT2D eigenvalue weighted by molar-refractivity contribution is 5.65. The van der Waals surface area contributed by atoms with Crippen molar-refractivity contribution >= 4 is 17.2 Å². The van der Waals surface area contributed by atoms with E-state index in [4.69, 9.17) is 22.4 Å². The SMILES string of the molecule is C=CN(N)c1cc(CC/C(=C(/N)c2ccc(N3CCCCC3)c(CC)n2)N(C)N)ncn1. The highest BCUT2D eigenvalue weighted by Crippen LogP contribution is 2.26. The maximum atomic E-state index is 6.56. The van der Waals surface area contributed by atoms with Crippen LogP contribution in [-0.2, 0) is 12.8 Å². The molecule has 3 heterocycles. The average molecular weight is 438 g/mol. The Morgan fingerprint density at radius 3 is 2.59 bits per heavy atom. The molecule has 0 amide bonds. The van der Waals surface area contributed by atoms with Gasteiger partial charge in [0.1, 0.15) is 12.1 Å². The quantitative estimate of drug-likeness (QED) is 0.400. The summed E-state index contributed by atoms with van der Waals surface area (Å²) in [6, 6.07) is 5.98. The lowest BCUT2D eigenvalue weighted by Gasteiger charge is -2.30. The van der Waals surface area contributed by atoms with Crippen LogP contribution in [0.15, 0.2) is 43.0 Å². The molecule has 0 atom stereocenters. The molecule has 2 aromatic rings. The Kier molecular flexibility index (Phi) is 8.02. The Morgan fingerprint density at radius 2 is 1.94 bits per heavy atom. The number of rotatable bonds is 9. The highest BCUT2D eigenvalue weighted by Gasteiger charge is 2.17. The molecule has 0 unspecified atom stereocenters. The Hall–Kier alpha value is -3.17. The Balaban J connectivity index is 1.83. The van der Waals surface area contributed by atoms with Crippen LogP contribution >= 0.6 is 0 Å². The van der Waals surface area contributed by atoms with Crippen molar-refractivity contribution in [1.29, 1.82) is 0 Å². The Bertz CT molecular complexity index is 948. The van der Waals surface area contributed by atoms with Crippen LogP contribution in [0.2, 0.25) is 0 Å². The van der Waals surface area contributed by atoms with E-state index in [9.17, 15) is 0 Å². The summed E-state index contributed by atoms with van der Waals surface area (Å²) in [5.74, 6) is 12.6. The van der Waals surface area contributed by atoms with Crippen LogP contribution in [-0.4, -0.2) is 40.1 Å². The predicted molar refractivity (Wildman–Crippen MR) is 130 cm³/mol. The van der Waals surface area contributed by atoms with Crippen LogP contribution < -0.4 is 27.3 Å². The lowest BCUT2D eigenvalue weighted by Crippen LogP contribution is -2.31. The van der Waals surface area contributed by atoms with Gasteiger partial charge in [-0.2, -0.15) is 0 Å². The Morgan fingerprint density at radius 1 is 1.19 bits per heavy atom. The highest BCUT2D eigenvalue weighted by atomic mass is 15.4. The molecule has 9 nitrogen and oxygen atoms in total. The molecule has 0 radical (unpaired) electrons. The third-order valence-electron chi connectivity index (χ3n) is 5.78. The number of nitrogens with zero attached hydrogens (tertiary/aromatic N) is 6. The van der Waals surface area contributed by atoms with Crippen molar-refractivity contribution in [2.24, 2.45) is 17.4 Å². The van der Waals surface area contributed by atoms with Crippen LogP contribution in [0.1, 0.15) is 49.7 Å². The van der Waals surface area contributed by atoms with Gasteiger partial charge in [-0.15, -0.1) is 0 Å². The van der Waals surface area contributed by atoms with Crippen molar-refractivity contribution in [3.8, 4) is 0 Å². The molecule has 0 bridgehead atoms. The second-order valence-electron chi connectivity index (χ2n) is 7.99. The molecule has 0 aliphatic carbocycles. The summed E-state index contributed by atoms with van der Waals surface area (Å²) >= 11 is 0. The molecule has 2 aromatic heterocycles. The first-order valence-corrected chi connectivity index (χ1v) is 11.1. The summed E-state index contributed by atoms with van der Waals surface area (Å²) in [4.78, 5) is 15.8. The Labute approximate surface area is 190 Å². The molecule has 1 saturated heterocycles. The van der Waals surface area contributed by atoms with Gasteiger partial charge >= 0.3 is 0 Å². The smallest absolute Gasteiger partial charge is 0.150 e. The number of aryl methyl sites for hydroxylation is 2. The van der Waals surface area contributed by atoms with Gasteiger partial charge in [-0.05, 0) is 50.7 Å². The second kappa shape index (κ2) is 10.9. The molecule has 32 heavy (non-hydrogen) atoms. The third kappa shape index (κ3) is 5.54. The first kappa shape index (κ1) is 23.5. The van der Waals surface area contributed by atoms with Gasteiger partial charge in [0.2, 0.25) is 0 Å². The maximum absolute atomic E-state index is 6.56. The lowest BCUT2D eigenvalue weighted by molar-refractivity contribution is 0.422. The molecule has 0 spiro atoms. The van der Waals surface area contributed by atoms with Gasteiger partial charge < -0.3 is 15.6 Å². The molecular formula is C23H35N9. The predicted octanol–water partition coefficient (Wildman–Crippen LogP) is 2.31. The molecule has 3 rings (SSSR count). The first-order chi connectivity index (χ1) is 15.4. The molecule has 172 valence electrons. The minimum Gasteiger partial charge on any atom is -0.396 e. The number of aromatic nitrogens is 3. The third-order valence-corrected chi connectivity index (χ3v) is 5.78. The monoisotopic (exact) mass is 437 g/mol. The van der Waals surface area contributed by atoms with Crippen LogP contribution in [0.25, 0.3) is 5.70 Å². The number of allylic oxidation sites excluding steroid dienone is 1. The minimum atomic E-state index is 0.576. The van der Waals surface area contributed by atoms with Gasteiger partial charge in [0.15, 0.2) is 0 Å². The fourth-order valence-electron chi connectivity index (χ4n) is 3.98. The second-order valence-corrected chi connectivity index (χ2v) is 7.99. The number of pyridine rings is 1. The van der Waals surface area contributed by atoms with E-state index >= 15 is 0 Å². The summed E-state index contributed by atoms with van der Waals surface area (Å²) < 4.78 is 0. The summed E-state index contributed by atoms with van der Waals surface area (Å²) in [5, 5.41) is 2.91. The minimum absolute atomic E-state index is 0.576. The summed E-state index contributed by atoms with van der Waals surface area (Å²) in [5.41, 5.74) is 11.8. The van der Waals surface area contributed by atoms with E-state index in [1.807, 2.05) is 12.1 Å². The van der Waals surface area contributed by atoms with E-state index in [-0.39, 0.29) is 0 Å². The summed E-state index contributed by atoms with van der Waals surface area (Å²) in [6.45, 7) is 7.96. The van der Waals surface area contributed by atoms with Crippen molar-refractivity contribution in [2.45, 2.75) is 45.4 Å². The van der Waals surface area contributed by atoms with Gasteiger partial charge in [-0.3, -0.25) is 5.01 Å². The van der Waals surface area contributed by atoms with E-state index in [1.54, 1.807) is 12.1 Å². The number of hydrazine groups is 2. The molecule has 1 fully saturated rings. The fourth-order valence-corrected chi connectivity index (χ4v) is 3.98. The number of anilines is 2. The van der Waals surface area contributed by atoms with Gasteiger partial charge in [0, 0.05) is 38.1 Å². The van der Waals surface area contributed by atoms with Gasteiger partial charge in [0.25, 0.3) is 0 Å². The van der Waals surface area contributed by atoms with E-state index in [2.05, 4.69) is 34.4 Å². The van der Waals surface area contributed by atoms with E-state index < -0.39 is 0 Å². The first-order valence-electron chi connectivity index (χ1n) is 11.1. The molecule has 1 aliphatic rings. The number of hydrogen-bond donors (Lipinski definition) is 3. The zero-order valence-corrected chi connectivity index (χ0v) is 19.2. The lowest BCUT2D eigenvalue weighted by atomic mass is 10.1. The van der Waals surface area contributed by atoms with E-state index in [0.29, 0.717) is 24.4 Å². The van der Waals surface area contributed by atoms with Gasteiger partial charge in [-0.1, -0.05) is 13.5 Å². The molecule has 6 N–H and O–H groups in total. The topological polar surface area (TPSA) is 126 Å². The van der Waals surface area contributed by atoms with E-state index in [1.165, 1.54) is 42.5 Å². The number of hydrogen-bond acceptors (Lipinski definition) is 9. The largest absolute Gasteiger partial charge is 0.396 e. The number of piperidine rings is 1. The van der Waals surface area contributed by atoms with Gasteiger partial charge in [-0.25, -0.2) is 26.6 Å². The van der Waals surface area contributed by atoms with Crippen molar-refractivity contribution < 1.29 is 0 Å². The molecule has 9 heteroatoms. The molecule has 1 aliphatic heterocycles. The molecular weight excluding hydrogens is 402 g/mol. The summed E-state index contributed by atoms with van der Waals surface area (Å²) in [6.07, 6.45) is 8.83. The van der Waals surface area contributed by atoms with Gasteiger partial charge in [0.05, 0.1) is 28.5 Å². The van der Waals surface area contributed by atoms with Crippen molar-refractivity contribution in [1.82, 2.24) is 20.0 Å². The standard InChI is InChI=1S/C23H35N9/c1-4-18-20(31-13-7-6-8-14-31)12-10-19(29-18)23(24)21(30(3)25)11-9-17-15-22(28-16-27-17)32(26)5-2/h5,10,12,15-16H,2,4,6-9,11,13-14,24-26H2,1,3H3/b23-21-. The van der Waals surface area contributed by atoms with Crippen LogP contribution in [0.3, 0.4) is 0 Å². The van der Waals surface area contributed by atoms with Crippen molar-refractivity contribution in [2.75, 3.05) is 30.0 Å².